The Bertz CT molecular complexity index is 2000. The van der Waals surface area contributed by atoms with Gasteiger partial charge in [0.2, 0.25) is 11.8 Å². The molecule has 3 atom stereocenters. The molecule has 4 aromatic rings. The molecule has 1 saturated carbocycles. The zero-order valence-electron chi connectivity index (χ0n) is 31.8. The molecule has 56 heavy (non-hydrogen) atoms. The van der Waals surface area contributed by atoms with Crippen molar-refractivity contribution in [3.8, 4) is 28.9 Å². The van der Waals surface area contributed by atoms with Gasteiger partial charge in [0, 0.05) is 49.1 Å². The lowest BCUT2D eigenvalue weighted by Gasteiger charge is -2.50. The SMILES string of the molecule is CC.COc1nc(-c2cc(O)cc3cccc(F)c23)c(F)c2nc(OCC34CCCC3(O)NC(O)(O)CC4)nc(N3CCOCC(O)C3)c12.OC1CCOCC1. The van der Waals surface area contributed by atoms with Crippen LogP contribution in [0, 0.1) is 17.0 Å². The molecule has 1 aliphatic carbocycles. The molecule has 4 aliphatic rings. The van der Waals surface area contributed by atoms with Crippen LogP contribution in [0.1, 0.15) is 58.8 Å². The first kappa shape index (κ1) is 41.6. The average molecular weight is 788 g/mol. The number of halogens is 2. The Labute approximate surface area is 322 Å². The molecule has 3 unspecified atom stereocenters. The van der Waals surface area contributed by atoms with Crippen molar-refractivity contribution in [2.24, 2.45) is 5.41 Å². The number of aliphatic hydroxyl groups excluding tert-OH is 2. The first-order valence-electron chi connectivity index (χ1n) is 19.0. The number of aromatic hydroxyl groups is 1. The molecule has 306 valence electrons. The topological polar surface area (TPSA) is 212 Å². The van der Waals surface area contributed by atoms with Crippen molar-refractivity contribution in [3.63, 3.8) is 0 Å². The van der Waals surface area contributed by atoms with E-state index in [-0.39, 0.29) is 109 Å². The summed E-state index contributed by atoms with van der Waals surface area (Å²) < 4.78 is 54.3. The van der Waals surface area contributed by atoms with Gasteiger partial charge in [0.1, 0.15) is 46.3 Å². The molecule has 5 heterocycles. The Morgan fingerprint density at radius 3 is 2.41 bits per heavy atom. The second kappa shape index (κ2) is 17.2. The first-order valence-corrected chi connectivity index (χ1v) is 19.0. The summed E-state index contributed by atoms with van der Waals surface area (Å²) in [4.78, 5) is 15.2. The van der Waals surface area contributed by atoms with E-state index in [0.29, 0.717) is 18.2 Å². The van der Waals surface area contributed by atoms with Crippen molar-refractivity contribution in [1.29, 1.82) is 0 Å². The number of nitrogens with zero attached hydrogens (tertiary/aromatic N) is 4. The quantitative estimate of drug-likeness (QED) is 0.140. The number of phenols is 1. The number of hydrogen-bond donors (Lipinski definition) is 7. The molecule has 17 heteroatoms. The summed E-state index contributed by atoms with van der Waals surface area (Å²) in [7, 11) is 1.33. The number of ether oxygens (including phenoxy) is 4. The van der Waals surface area contributed by atoms with Gasteiger partial charge in [0.25, 0.3) is 0 Å². The Morgan fingerprint density at radius 1 is 0.929 bits per heavy atom. The van der Waals surface area contributed by atoms with Crippen LogP contribution in [0.3, 0.4) is 0 Å². The van der Waals surface area contributed by atoms with E-state index in [1.807, 2.05) is 13.8 Å². The van der Waals surface area contributed by atoms with Crippen LogP contribution in [0.15, 0.2) is 30.3 Å². The molecule has 7 N–H and O–H groups in total. The molecule has 15 nitrogen and oxygen atoms in total. The second-order valence-corrected chi connectivity index (χ2v) is 14.4. The largest absolute Gasteiger partial charge is 0.508 e. The van der Waals surface area contributed by atoms with E-state index in [1.165, 1.54) is 31.4 Å². The minimum Gasteiger partial charge on any atom is -0.508 e. The maximum absolute atomic E-state index is 16.8. The number of fused-ring (bicyclic) bond motifs is 3. The first-order chi connectivity index (χ1) is 26.8. The van der Waals surface area contributed by atoms with Crippen molar-refractivity contribution in [2.45, 2.75) is 82.6 Å². The van der Waals surface area contributed by atoms with Crippen molar-refractivity contribution >= 4 is 27.5 Å². The molecule has 0 amide bonds. The lowest BCUT2D eigenvalue weighted by molar-refractivity contribution is -0.283. The van der Waals surface area contributed by atoms with Crippen LogP contribution < -0.4 is 19.7 Å². The highest BCUT2D eigenvalue weighted by Crippen LogP contribution is 2.52. The van der Waals surface area contributed by atoms with Gasteiger partial charge in [-0.1, -0.05) is 26.0 Å². The van der Waals surface area contributed by atoms with E-state index in [0.717, 1.165) is 26.1 Å². The zero-order valence-corrected chi connectivity index (χ0v) is 31.8. The number of aliphatic hydroxyl groups is 5. The minimum atomic E-state index is -2.25. The summed E-state index contributed by atoms with van der Waals surface area (Å²) in [5.74, 6) is -4.04. The molecule has 2 aromatic heterocycles. The highest BCUT2D eigenvalue weighted by Gasteiger charge is 2.60. The van der Waals surface area contributed by atoms with E-state index < -0.39 is 34.8 Å². The van der Waals surface area contributed by atoms with Crippen LogP contribution in [0.25, 0.3) is 32.9 Å². The third kappa shape index (κ3) is 8.45. The zero-order chi connectivity index (χ0) is 40.3. The van der Waals surface area contributed by atoms with Gasteiger partial charge in [0.05, 0.1) is 32.5 Å². The molecular weight excluding hydrogens is 736 g/mol. The van der Waals surface area contributed by atoms with Crippen LogP contribution >= 0.6 is 0 Å². The Kier molecular flexibility index (Phi) is 12.8. The number of aromatic nitrogens is 3. The maximum atomic E-state index is 16.8. The molecule has 3 saturated heterocycles. The molecule has 4 fully saturated rings. The Hall–Kier alpha value is -4.07. The van der Waals surface area contributed by atoms with E-state index in [2.05, 4.69) is 20.3 Å². The number of anilines is 1. The highest BCUT2D eigenvalue weighted by atomic mass is 19.1. The number of pyridine rings is 1. The highest BCUT2D eigenvalue weighted by molar-refractivity contribution is 6.02. The molecule has 2 aromatic carbocycles. The van der Waals surface area contributed by atoms with Gasteiger partial charge >= 0.3 is 6.01 Å². The molecule has 3 aliphatic heterocycles. The Balaban J connectivity index is 0.000000527. The second-order valence-electron chi connectivity index (χ2n) is 14.4. The van der Waals surface area contributed by atoms with Gasteiger partial charge < -0.3 is 54.5 Å². The number of hydrogen-bond acceptors (Lipinski definition) is 15. The summed E-state index contributed by atoms with van der Waals surface area (Å²) in [5.41, 5.74) is -3.21. The standard InChI is InChI=1S/C32H35F2N5O8.C5H10O2.C2H6/c1-45-28-23-26(24(34)25(35-28)20-13-18(40)12-17-4-2-5-21(33)22(17)20)36-29(37-27(23)39-10-11-46-15-19(41)14-39)47-16-30-6-3-7-31(30,42)38-32(43,44)9-8-30;6-5-1-3-7-4-2-5;1-2/h2,4-5,12-13,19,38,40-44H,3,6-11,14-16H2,1H3;5-6H,1-4H2;1-2H3. The van der Waals surface area contributed by atoms with Gasteiger partial charge in [-0.2, -0.15) is 9.97 Å². The number of piperidine rings is 1. The normalized spacial score (nSPS) is 25.0. The van der Waals surface area contributed by atoms with E-state index >= 15 is 8.78 Å². The van der Waals surface area contributed by atoms with Gasteiger partial charge in [-0.25, -0.2) is 19.1 Å². The minimum absolute atomic E-state index is 0.0308. The molecule has 8 rings (SSSR count). The fourth-order valence-corrected chi connectivity index (χ4v) is 7.90. The van der Waals surface area contributed by atoms with Crippen molar-refractivity contribution in [2.75, 3.05) is 58.1 Å². The third-order valence-corrected chi connectivity index (χ3v) is 10.7. The van der Waals surface area contributed by atoms with Crippen LogP contribution in [-0.2, 0) is 9.47 Å². The number of rotatable bonds is 6. The fraction of sp³-hybridized carbons (Fsp3) is 0.564. The van der Waals surface area contributed by atoms with Gasteiger partial charge in [-0.15, -0.1) is 0 Å². The predicted molar refractivity (Wildman–Crippen MR) is 201 cm³/mol. The number of methoxy groups -OCH3 is 1. The van der Waals surface area contributed by atoms with E-state index in [4.69, 9.17) is 24.1 Å². The summed E-state index contributed by atoms with van der Waals surface area (Å²) in [6, 6.07) is 6.59. The molecule has 0 bridgehead atoms. The van der Waals surface area contributed by atoms with Crippen LogP contribution in [0.4, 0.5) is 14.6 Å². The van der Waals surface area contributed by atoms with Crippen LogP contribution in [0.2, 0.25) is 0 Å². The monoisotopic (exact) mass is 787 g/mol. The van der Waals surface area contributed by atoms with Crippen LogP contribution in [-0.4, -0.2) is 123 Å². The maximum Gasteiger partial charge on any atom is 0.319 e. The average Bonchev–Trinajstić information content (AvgIpc) is 3.34. The fourth-order valence-electron chi connectivity index (χ4n) is 7.90. The van der Waals surface area contributed by atoms with Gasteiger partial charge in [-0.3, -0.25) is 0 Å². The van der Waals surface area contributed by atoms with Crippen molar-refractivity contribution in [3.05, 3.63) is 42.0 Å². The van der Waals surface area contributed by atoms with Crippen molar-refractivity contribution in [1.82, 2.24) is 20.3 Å². The molecular formula is C39H51F2N5O10. The lowest BCUT2D eigenvalue weighted by atomic mass is 9.73. The van der Waals surface area contributed by atoms with Gasteiger partial charge in [-0.05, 0) is 62.1 Å². The summed E-state index contributed by atoms with van der Waals surface area (Å²) in [5, 5.41) is 64.7. The van der Waals surface area contributed by atoms with E-state index in [1.54, 1.807) is 11.0 Å². The summed E-state index contributed by atoms with van der Waals surface area (Å²) in [6.07, 6.45) is 2.16. The summed E-state index contributed by atoms with van der Waals surface area (Å²) >= 11 is 0. The van der Waals surface area contributed by atoms with Crippen LogP contribution in [0.5, 0.6) is 17.6 Å². The number of nitrogens with one attached hydrogen (secondary N) is 1. The predicted octanol–water partition coefficient (Wildman–Crippen LogP) is 3.48. The number of β-amino-alcohol motifs (C(OH)–C–C–N with tert-alkyl or cyclic N) is 1. The summed E-state index contributed by atoms with van der Waals surface area (Å²) in [6.45, 7) is 5.99. The van der Waals surface area contributed by atoms with E-state index in [9.17, 15) is 25.5 Å². The van der Waals surface area contributed by atoms with Crippen molar-refractivity contribution < 1.29 is 58.4 Å². The van der Waals surface area contributed by atoms with Gasteiger partial charge in [0.15, 0.2) is 5.82 Å². The molecule has 0 radical (unpaired) electrons. The third-order valence-electron chi connectivity index (χ3n) is 10.7. The number of phenolic OH excluding ortho intramolecular Hbond substituents is 1. The Morgan fingerprint density at radius 2 is 1.70 bits per heavy atom. The number of benzene rings is 2. The smallest absolute Gasteiger partial charge is 0.319 e. The molecule has 0 spiro atoms. The lowest BCUT2D eigenvalue weighted by Crippen LogP contribution is -2.69.